The minimum Gasteiger partial charge on any atom is -0.480 e. The molecule has 0 saturated carbocycles. The molecule has 5 heteroatoms. The third kappa shape index (κ3) is 3.53. The highest BCUT2D eigenvalue weighted by Crippen LogP contribution is 2.29. The van der Waals surface area contributed by atoms with E-state index in [-0.39, 0.29) is 5.69 Å². The Morgan fingerprint density at radius 1 is 1.33 bits per heavy atom. The van der Waals surface area contributed by atoms with Gasteiger partial charge < -0.3 is 15.3 Å². The Hall–Kier alpha value is -1.62. The lowest BCUT2D eigenvalue weighted by molar-refractivity contribution is -0.142. The Bertz CT molecular complexity index is 507. The molecule has 0 amide bonds. The highest BCUT2D eigenvalue weighted by Gasteiger charge is 2.40. The average Bonchev–Trinajstić information content (AvgIpc) is 2.65. The van der Waals surface area contributed by atoms with Gasteiger partial charge >= 0.3 is 5.97 Å². The van der Waals surface area contributed by atoms with E-state index in [0.29, 0.717) is 25.4 Å². The smallest absolute Gasteiger partial charge is 0.329 e. The van der Waals surface area contributed by atoms with Crippen molar-refractivity contribution in [3.63, 3.8) is 0 Å². The molecule has 4 nitrogen and oxygen atoms in total. The number of rotatable bonds is 4. The quantitative estimate of drug-likeness (QED) is 0.896. The number of carboxylic acid groups (broad SMARTS) is 1. The van der Waals surface area contributed by atoms with Gasteiger partial charge in [-0.2, -0.15) is 0 Å². The minimum absolute atomic E-state index is 0.262. The van der Waals surface area contributed by atoms with Gasteiger partial charge in [0.25, 0.3) is 0 Å². The maximum Gasteiger partial charge on any atom is 0.329 e. The average molecular weight is 294 g/mol. The largest absolute Gasteiger partial charge is 0.480 e. The van der Waals surface area contributed by atoms with Gasteiger partial charge in [-0.15, -0.1) is 0 Å². The molecule has 0 spiro atoms. The summed E-state index contributed by atoms with van der Waals surface area (Å²) in [6.45, 7) is 5.80. The zero-order valence-electron chi connectivity index (χ0n) is 12.6. The molecular weight excluding hydrogens is 271 g/mol. The lowest BCUT2D eigenvalue weighted by Gasteiger charge is -2.31. The molecule has 1 fully saturated rings. The number of hydrogen-bond acceptors (Lipinski definition) is 3. The number of aliphatic carboxylic acids is 1. The number of nitrogens with one attached hydrogen (secondary N) is 1. The molecule has 1 aliphatic heterocycles. The first-order valence-corrected chi connectivity index (χ1v) is 7.45. The van der Waals surface area contributed by atoms with Gasteiger partial charge in [0.1, 0.15) is 11.4 Å². The Kier molecular flexibility index (Phi) is 4.83. The second-order valence-corrected chi connectivity index (χ2v) is 5.98. The number of hydrogen-bond donors (Lipinski definition) is 2. The van der Waals surface area contributed by atoms with Crippen LogP contribution in [-0.2, 0) is 4.79 Å². The molecule has 116 valence electrons. The maximum atomic E-state index is 13.8. The van der Waals surface area contributed by atoms with Crippen LogP contribution in [0.4, 0.5) is 10.1 Å². The van der Waals surface area contributed by atoms with E-state index in [1.54, 1.807) is 18.2 Å². The van der Waals surface area contributed by atoms with Crippen molar-refractivity contribution < 1.29 is 14.3 Å². The predicted octanol–water partition coefficient (Wildman–Crippen LogP) is 2.96. The number of anilines is 1. The zero-order valence-corrected chi connectivity index (χ0v) is 12.6. The molecule has 0 aliphatic carbocycles. The summed E-state index contributed by atoms with van der Waals surface area (Å²) in [5, 5.41) is 12.6. The number of halogens is 1. The van der Waals surface area contributed by atoms with Gasteiger partial charge in [-0.25, -0.2) is 9.18 Å². The Morgan fingerprint density at radius 2 is 2.05 bits per heavy atom. The second kappa shape index (κ2) is 6.43. The van der Waals surface area contributed by atoms with Crippen molar-refractivity contribution in [2.75, 3.05) is 18.4 Å². The molecule has 1 unspecified atom stereocenters. The van der Waals surface area contributed by atoms with E-state index in [1.165, 1.54) is 6.07 Å². The Labute approximate surface area is 125 Å². The van der Waals surface area contributed by atoms with Crippen LogP contribution in [0.25, 0.3) is 0 Å². The number of nitrogens with zero attached hydrogens (tertiary/aromatic N) is 1. The molecule has 1 saturated heterocycles. The molecule has 0 radical (unpaired) electrons. The van der Waals surface area contributed by atoms with Crippen molar-refractivity contribution in [3.05, 3.63) is 30.1 Å². The molecule has 1 aliphatic rings. The van der Waals surface area contributed by atoms with Gasteiger partial charge in [-0.1, -0.05) is 12.1 Å². The summed E-state index contributed by atoms with van der Waals surface area (Å²) in [7, 11) is 0. The summed E-state index contributed by atoms with van der Waals surface area (Å²) in [6.07, 6.45) is 1.75. The molecule has 1 aromatic carbocycles. The van der Waals surface area contributed by atoms with Crippen molar-refractivity contribution >= 4 is 11.7 Å². The van der Waals surface area contributed by atoms with Crippen LogP contribution >= 0.6 is 0 Å². The van der Waals surface area contributed by atoms with Crippen LogP contribution in [0.5, 0.6) is 0 Å². The zero-order chi connectivity index (χ0) is 15.5. The summed E-state index contributed by atoms with van der Waals surface area (Å²) in [4.78, 5) is 14.1. The Balaban J connectivity index is 2.21. The first kappa shape index (κ1) is 15.8. The molecule has 21 heavy (non-hydrogen) atoms. The molecule has 2 rings (SSSR count). The first-order chi connectivity index (χ1) is 9.94. The van der Waals surface area contributed by atoms with E-state index in [2.05, 4.69) is 24.1 Å². The van der Waals surface area contributed by atoms with Crippen LogP contribution < -0.4 is 5.32 Å². The number of carboxylic acids is 1. The van der Waals surface area contributed by atoms with Crippen molar-refractivity contribution in [1.29, 1.82) is 0 Å². The number of likely N-dealkylation sites (tertiary alicyclic amines) is 1. The lowest BCUT2D eigenvalue weighted by atomic mass is 9.90. The standard InChI is InChI=1S/C16H23FN2O2/c1-12(2)19-10-5-8-16(9-11-19,15(20)21)18-14-7-4-3-6-13(14)17/h3-4,6-7,12,18H,5,8-11H2,1-2H3,(H,20,21). The van der Waals surface area contributed by atoms with Gasteiger partial charge in [-0.05, 0) is 51.8 Å². The van der Waals surface area contributed by atoms with Gasteiger partial charge in [0, 0.05) is 12.6 Å². The van der Waals surface area contributed by atoms with E-state index in [0.717, 1.165) is 13.0 Å². The number of para-hydroxylation sites is 1. The Morgan fingerprint density at radius 3 is 2.67 bits per heavy atom. The lowest BCUT2D eigenvalue weighted by Crippen LogP contribution is -2.47. The van der Waals surface area contributed by atoms with Gasteiger partial charge in [0.05, 0.1) is 5.69 Å². The van der Waals surface area contributed by atoms with E-state index in [9.17, 15) is 14.3 Å². The maximum absolute atomic E-state index is 13.8. The minimum atomic E-state index is -1.09. The normalized spacial score (nSPS) is 23.8. The van der Waals surface area contributed by atoms with Crippen LogP contribution in [0.3, 0.4) is 0 Å². The van der Waals surface area contributed by atoms with Crippen LogP contribution in [0.15, 0.2) is 24.3 Å². The molecule has 1 heterocycles. The van der Waals surface area contributed by atoms with E-state index >= 15 is 0 Å². The highest BCUT2D eigenvalue weighted by molar-refractivity contribution is 5.83. The van der Waals surface area contributed by atoms with E-state index in [4.69, 9.17) is 0 Å². The van der Waals surface area contributed by atoms with Gasteiger partial charge in [-0.3, -0.25) is 0 Å². The third-order valence-corrected chi connectivity index (χ3v) is 4.26. The van der Waals surface area contributed by atoms with Crippen LogP contribution in [0.1, 0.15) is 33.1 Å². The molecule has 1 aromatic rings. The summed E-state index contributed by atoms with van der Waals surface area (Å²) < 4.78 is 13.8. The van der Waals surface area contributed by atoms with Crippen LogP contribution in [0, 0.1) is 5.82 Å². The second-order valence-electron chi connectivity index (χ2n) is 5.98. The summed E-state index contributed by atoms with van der Waals surface area (Å²) in [5.41, 5.74) is -0.829. The van der Waals surface area contributed by atoms with Gasteiger partial charge in [0.15, 0.2) is 0 Å². The van der Waals surface area contributed by atoms with Crippen molar-refractivity contribution in [3.8, 4) is 0 Å². The fourth-order valence-electron chi connectivity index (χ4n) is 2.88. The SMILES string of the molecule is CC(C)N1CCCC(Nc2ccccc2F)(C(=O)O)CC1. The predicted molar refractivity (Wildman–Crippen MR) is 80.9 cm³/mol. The topological polar surface area (TPSA) is 52.6 Å². The third-order valence-electron chi connectivity index (χ3n) is 4.26. The summed E-state index contributed by atoms with van der Waals surface area (Å²) in [6, 6.07) is 6.63. The molecule has 2 N–H and O–H groups in total. The van der Waals surface area contributed by atoms with Crippen LogP contribution in [0.2, 0.25) is 0 Å². The van der Waals surface area contributed by atoms with Crippen LogP contribution in [-0.4, -0.2) is 40.6 Å². The summed E-state index contributed by atoms with van der Waals surface area (Å²) in [5.74, 6) is -1.32. The fourth-order valence-corrected chi connectivity index (χ4v) is 2.88. The van der Waals surface area contributed by atoms with E-state index in [1.807, 2.05) is 0 Å². The van der Waals surface area contributed by atoms with E-state index < -0.39 is 17.3 Å². The van der Waals surface area contributed by atoms with Crippen molar-refractivity contribution in [2.24, 2.45) is 0 Å². The fraction of sp³-hybridized carbons (Fsp3) is 0.562. The molecule has 0 bridgehead atoms. The summed E-state index contributed by atoms with van der Waals surface area (Å²) >= 11 is 0. The number of carbonyl (C=O) groups is 1. The molecule has 1 atom stereocenters. The molecular formula is C16H23FN2O2. The van der Waals surface area contributed by atoms with Crippen molar-refractivity contribution in [1.82, 2.24) is 4.90 Å². The molecule has 0 aromatic heterocycles. The first-order valence-electron chi connectivity index (χ1n) is 7.45. The number of benzene rings is 1. The van der Waals surface area contributed by atoms with Crippen molar-refractivity contribution in [2.45, 2.75) is 44.7 Å². The van der Waals surface area contributed by atoms with Gasteiger partial charge in [0.2, 0.25) is 0 Å². The highest BCUT2D eigenvalue weighted by atomic mass is 19.1. The monoisotopic (exact) mass is 294 g/mol.